The van der Waals surface area contributed by atoms with Gasteiger partial charge in [-0.1, -0.05) is 138 Å². The molecule has 4 heteroatoms. The van der Waals surface area contributed by atoms with Gasteiger partial charge in [-0.15, -0.1) is 0 Å². The van der Waals surface area contributed by atoms with Crippen molar-refractivity contribution in [3.63, 3.8) is 0 Å². The second-order valence-electron chi connectivity index (χ2n) is 18.0. The maximum atomic E-state index is 13.4. The smallest absolute Gasteiger partial charge is 0.323 e. The van der Waals surface area contributed by atoms with Gasteiger partial charge in [0.1, 0.15) is 34.7 Å². The summed E-state index contributed by atoms with van der Waals surface area (Å²) >= 11 is 0. The van der Waals surface area contributed by atoms with Gasteiger partial charge < -0.3 is 14.2 Å². The third-order valence-electron chi connectivity index (χ3n) is 9.86. The summed E-state index contributed by atoms with van der Waals surface area (Å²) in [7, 11) is 0. The van der Waals surface area contributed by atoms with Gasteiger partial charge in [0, 0.05) is 22.3 Å². The molecule has 0 N–H and O–H groups in total. The van der Waals surface area contributed by atoms with Crippen molar-refractivity contribution in [1.82, 2.24) is 0 Å². The number of hydrogen-bond donors (Lipinski definition) is 0. The van der Waals surface area contributed by atoms with Crippen LogP contribution in [0.4, 0.5) is 0 Å². The Morgan fingerprint density at radius 1 is 0.531 bits per heavy atom. The van der Waals surface area contributed by atoms with Gasteiger partial charge in [0.05, 0.1) is 5.92 Å². The number of fused-ring (bicyclic) bond motifs is 2. The molecule has 4 nitrogen and oxygen atoms in total. The first-order valence-corrected chi connectivity index (χ1v) is 17.5. The Morgan fingerprint density at radius 3 is 1.33 bits per heavy atom. The van der Waals surface area contributed by atoms with Gasteiger partial charge in [-0.3, -0.25) is 4.79 Å². The molecule has 4 aromatic rings. The number of benzene rings is 4. The fraction of sp³-hybridized carbons (Fsp3) is 0.400. The molecular weight excluding hydrogens is 604 g/mol. The van der Waals surface area contributed by atoms with Crippen LogP contribution in [0.3, 0.4) is 0 Å². The molecule has 0 aromatic heterocycles. The second-order valence-corrected chi connectivity index (χ2v) is 18.0. The van der Waals surface area contributed by atoms with Crippen LogP contribution in [0.1, 0.15) is 139 Å². The minimum Gasteiger partial charge on any atom is -0.461 e. The van der Waals surface area contributed by atoms with Crippen LogP contribution in [0.5, 0.6) is 23.0 Å². The van der Waals surface area contributed by atoms with E-state index in [0.29, 0.717) is 11.5 Å². The predicted molar refractivity (Wildman–Crippen MR) is 200 cm³/mol. The topological polar surface area (TPSA) is 44.8 Å². The van der Waals surface area contributed by atoms with Crippen molar-refractivity contribution >= 4 is 5.97 Å². The molecule has 49 heavy (non-hydrogen) atoms. The molecule has 256 valence electrons. The molecule has 0 amide bonds. The van der Waals surface area contributed by atoms with Crippen LogP contribution < -0.4 is 14.2 Å². The molecule has 2 aliphatic rings. The Hall–Kier alpha value is -4.31. The van der Waals surface area contributed by atoms with Gasteiger partial charge in [-0.2, -0.15) is 0 Å². The highest BCUT2D eigenvalue weighted by Crippen LogP contribution is 2.51. The first kappa shape index (κ1) is 34.5. The van der Waals surface area contributed by atoms with Gasteiger partial charge in [-0.05, 0) is 68.2 Å². The van der Waals surface area contributed by atoms with Crippen molar-refractivity contribution in [3.8, 4) is 23.0 Å². The summed E-state index contributed by atoms with van der Waals surface area (Å²) in [5.74, 6) is 3.05. The molecule has 2 aliphatic heterocycles. The van der Waals surface area contributed by atoms with E-state index in [1.54, 1.807) is 0 Å². The lowest BCUT2D eigenvalue weighted by Gasteiger charge is -2.27. The molecular formula is C45H52O4. The third kappa shape index (κ3) is 6.55. The number of hydrogen-bond acceptors (Lipinski definition) is 4. The van der Waals surface area contributed by atoms with Crippen molar-refractivity contribution in [3.05, 3.63) is 130 Å². The molecule has 0 spiro atoms. The van der Waals surface area contributed by atoms with Crippen molar-refractivity contribution in [2.75, 3.05) is 0 Å². The predicted octanol–water partition coefficient (Wildman–Crippen LogP) is 11.8. The zero-order valence-electron chi connectivity index (χ0n) is 31.4. The lowest BCUT2D eigenvalue weighted by molar-refractivity contribution is -0.133. The van der Waals surface area contributed by atoms with Crippen LogP contribution in [-0.2, 0) is 26.5 Å². The van der Waals surface area contributed by atoms with Gasteiger partial charge in [0.2, 0.25) is 0 Å². The molecule has 2 atom stereocenters. The normalized spacial score (nSPS) is 17.8. The minimum atomic E-state index is -0.478. The maximum Gasteiger partial charge on any atom is 0.323 e. The molecule has 0 aliphatic carbocycles. The average molecular weight is 657 g/mol. The summed E-state index contributed by atoms with van der Waals surface area (Å²) in [5.41, 5.74) is 8.57. The van der Waals surface area contributed by atoms with Crippen molar-refractivity contribution in [1.29, 1.82) is 0 Å². The monoisotopic (exact) mass is 656 g/mol. The quantitative estimate of drug-likeness (QED) is 0.162. The van der Waals surface area contributed by atoms with E-state index < -0.39 is 5.92 Å². The van der Waals surface area contributed by atoms with E-state index in [1.807, 2.05) is 36.4 Å². The lowest BCUT2D eigenvalue weighted by Crippen LogP contribution is -2.17. The molecule has 0 bridgehead atoms. The van der Waals surface area contributed by atoms with E-state index in [0.717, 1.165) is 39.5 Å². The number of rotatable bonds is 4. The second kappa shape index (κ2) is 11.6. The van der Waals surface area contributed by atoms with Crippen LogP contribution in [-0.4, -0.2) is 5.97 Å². The van der Waals surface area contributed by atoms with Gasteiger partial charge in [0.15, 0.2) is 0 Å². The Morgan fingerprint density at radius 2 is 0.918 bits per heavy atom. The van der Waals surface area contributed by atoms with Crippen LogP contribution >= 0.6 is 0 Å². The number of ether oxygens (including phenoxy) is 3. The average Bonchev–Trinajstić information content (AvgIpc) is 3.50. The summed E-state index contributed by atoms with van der Waals surface area (Å²) in [4.78, 5) is 13.4. The highest BCUT2D eigenvalue weighted by atomic mass is 16.5. The maximum absolute atomic E-state index is 13.4. The summed E-state index contributed by atoms with van der Waals surface area (Å²) in [6.07, 6.45) is 0. The molecule has 0 fully saturated rings. The van der Waals surface area contributed by atoms with Gasteiger partial charge >= 0.3 is 5.97 Å². The highest BCUT2D eigenvalue weighted by molar-refractivity contribution is 5.90. The fourth-order valence-corrected chi connectivity index (χ4v) is 6.86. The third-order valence-corrected chi connectivity index (χ3v) is 9.86. The van der Waals surface area contributed by atoms with Crippen molar-refractivity contribution in [2.24, 2.45) is 0 Å². The Labute approximate surface area is 293 Å². The van der Waals surface area contributed by atoms with Crippen LogP contribution in [0.25, 0.3) is 0 Å². The lowest BCUT2D eigenvalue weighted by atomic mass is 9.77. The highest BCUT2D eigenvalue weighted by Gasteiger charge is 2.40. The van der Waals surface area contributed by atoms with Gasteiger partial charge in [-0.25, -0.2) is 0 Å². The Bertz CT molecular complexity index is 1790. The zero-order chi connectivity index (χ0) is 35.8. The minimum absolute atomic E-state index is 0.00292. The number of carbonyl (C=O) groups is 1. The number of carbonyl (C=O) groups excluding carboxylic acids is 1. The molecule has 2 heterocycles. The van der Waals surface area contributed by atoms with Crippen molar-refractivity contribution < 1.29 is 19.0 Å². The summed E-state index contributed by atoms with van der Waals surface area (Å²) in [5, 5.41) is 0. The van der Waals surface area contributed by atoms with Gasteiger partial charge in [0.25, 0.3) is 0 Å². The number of esters is 1. The summed E-state index contributed by atoms with van der Waals surface area (Å²) in [6, 6.07) is 25.0. The molecule has 4 aromatic carbocycles. The van der Waals surface area contributed by atoms with Crippen LogP contribution in [0, 0.1) is 0 Å². The van der Waals surface area contributed by atoms with Crippen molar-refractivity contribution in [2.45, 2.75) is 117 Å². The first-order chi connectivity index (χ1) is 22.6. The molecule has 2 unspecified atom stereocenters. The standard InChI is InChI=1S/C45H52O4/c1-26-37(33-22-29(42(2,3)4)24-35(39(33)47-26)44(8,9)10)27-14-18-31(19-15-27)48-32-20-16-28(17-21-32)38-34-23-30(43(5,6)7)25-36(45(11,12)13)40(34)49-41(38)46/h14-25,37-38H,1H2,2-13H3. The molecule has 0 saturated heterocycles. The Balaban J connectivity index is 1.26. The largest absolute Gasteiger partial charge is 0.461 e. The van der Waals surface area contributed by atoms with Crippen LogP contribution in [0.2, 0.25) is 0 Å². The van der Waals surface area contributed by atoms with E-state index in [9.17, 15) is 4.79 Å². The zero-order valence-corrected chi connectivity index (χ0v) is 31.4. The van der Waals surface area contributed by atoms with E-state index >= 15 is 0 Å². The first-order valence-electron chi connectivity index (χ1n) is 17.5. The molecule has 0 radical (unpaired) electrons. The Kier molecular flexibility index (Phi) is 8.21. The van der Waals surface area contributed by atoms with E-state index in [1.165, 1.54) is 22.3 Å². The molecule has 0 saturated carbocycles. The summed E-state index contributed by atoms with van der Waals surface area (Å²) in [6.45, 7) is 30.9. The van der Waals surface area contributed by atoms with E-state index in [4.69, 9.17) is 14.2 Å². The SMILES string of the molecule is C=C1Oc2c(cc(C(C)(C)C)cc2C(C)(C)C)C1c1ccc(Oc2ccc(C3C(=O)Oc4c3cc(C(C)(C)C)cc4C(C)(C)C)cc2)cc1. The number of allylic oxidation sites excluding steroid dienone is 1. The van der Waals surface area contributed by atoms with Crippen LogP contribution in [0.15, 0.2) is 85.1 Å². The fourth-order valence-electron chi connectivity index (χ4n) is 6.86. The van der Waals surface area contributed by atoms with E-state index in [2.05, 4.69) is 126 Å². The summed E-state index contributed by atoms with van der Waals surface area (Å²) < 4.78 is 18.7. The van der Waals surface area contributed by atoms with E-state index in [-0.39, 0.29) is 33.5 Å². The molecule has 6 rings (SSSR count).